The van der Waals surface area contributed by atoms with Crippen LogP contribution in [0.1, 0.15) is 35.4 Å². The van der Waals surface area contributed by atoms with Crippen LogP contribution in [0.2, 0.25) is 0 Å². The van der Waals surface area contributed by atoms with Gasteiger partial charge >= 0.3 is 0 Å². The zero-order chi connectivity index (χ0) is 20.1. The van der Waals surface area contributed by atoms with E-state index in [2.05, 4.69) is 59.8 Å². The van der Waals surface area contributed by atoms with Crippen LogP contribution in [0, 0.1) is 0 Å². The van der Waals surface area contributed by atoms with Gasteiger partial charge in [0.15, 0.2) is 11.5 Å². The van der Waals surface area contributed by atoms with Crippen molar-refractivity contribution in [3.8, 4) is 17.2 Å². The number of fused-ring (bicyclic) bond motifs is 4. The monoisotopic (exact) mass is 416 g/mol. The van der Waals surface area contributed by atoms with Crippen molar-refractivity contribution in [3.63, 3.8) is 0 Å². The quantitative estimate of drug-likeness (QED) is 0.537. The first-order valence-electron chi connectivity index (χ1n) is 9.95. The summed E-state index contributed by atoms with van der Waals surface area (Å²) in [6.45, 7) is 0.273. The molecule has 6 heteroatoms. The Morgan fingerprint density at radius 1 is 0.933 bits per heavy atom. The average Bonchev–Trinajstić information content (AvgIpc) is 3.45. The molecule has 0 fully saturated rings. The molecule has 3 heterocycles. The third kappa shape index (κ3) is 2.82. The molecule has 0 unspecified atom stereocenters. The van der Waals surface area contributed by atoms with Crippen molar-refractivity contribution in [3.05, 3.63) is 83.4 Å². The summed E-state index contributed by atoms with van der Waals surface area (Å²) in [6.07, 6.45) is 2.65. The van der Waals surface area contributed by atoms with E-state index in [0.717, 1.165) is 40.5 Å². The number of benzene rings is 3. The smallest absolute Gasteiger partial charge is 0.231 e. The Morgan fingerprint density at radius 2 is 1.77 bits per heavy atom. The number of hydrazone groups is 1. The van der Waals surface area contributed by atoms with Crippen LogP contribution >= 0.6 is 11.8 Å². The summed E-state index contributed by atoms with van der Waals surface area (Å²) < 4.78 is 17.5. The van der Waals surface area contributed by atoms with E-state index in [1.54, 1.807) is 11.8 Å². The van der Waals surface area contributed by atoms with Gasteiger partial charge in [-0.2, -0.15) is 5.10 Å². The molecule has 30 heavy (non-hydrogen) atoms. The first-order valence-corrected chi connectivity index (χ1v) is 11.2. The molecule has 0 N–H and O–H groups in total. The van der Waals surface area contributed by atoms with Gasteiger partial charge in [0.2, 0.25) is 13.0 Å². The maximum atomic E-state index is 6.43. The Balaban J connectivity index is 1.41. The first-order chi connectivity index (χ1) is 14.8. The van der Waals surface area contributed by atoms with Crippen molar-refractivity contribution < 1.29 is 14.2 Å². The summed E-state index contributed by atoms with van der Waals surface area (Å²) in [5.74, 6) is 2.50. The fourth-order valence-electron chi connectivity index (χ4n) is 4.27. The van der Waals surface area contributed by atoms with Crippen LogP contribution in [0.5, 0.6) is 17.2 Å². The molecule has 6 rings (SSSR count). The molecule has 0 spiro atoms. The zero-order valence-electron chi connectivity index (χ0n) is 16.4. The molecular formula is C24H20N2O3S. The van der Waals surface area contributed by atoms with E-state index in [9.17, 15) is 0 Å². The molecule has 0 radical (unpaired) electrons. The highest BCUT2D eigenvalue weighted by atomic mass is 32.2. The molecule has 3 aromatic rings. The SMILES string of the molecule is CSc1ccc([C@H]2Oc3ccccc3[C@@H]3CC(c4ccc5c(c4)OCO5)=NN23)cc1. The molecule has 3 aromatic carbocycles. The Bertz CT molecular complexity index is 1150. The van der Waals surface area contributed by atoms with E-state index < -0.39 is 0 Å². The Hall–Kier alpha value is -3.12. The summed E-state index contributed by atoms with van der Waals surface area (Å²) >= 11 is 1.74. The molecule has 0 amide bonds. The van der Waals surface area contributed by atoms with Crippen LogP contribution in [0.15, 0.2) is 76.7 Å². The molecule has 3 aliphatic heterocycles. The topological polar surface area (TPSA) is 43.3 Å². The van der Waals surface area contributed by atoms with Gasteiger partial charge in [-0.1, -0.05) is 30.3 Å². The minimum atomic E-state index is -0.257. The third-order valence-electron chi connectivity index (χ3n) is 5.81. The van der Waals surface area contributed by atoms with Crippen LogP contribution in [0.3, 0.4) is 0 Å². The highest BCUT2D eigenvalue weighted by Gasteiger charge is 2.41. The van der Waals surface area contributed by atoms with Gasteiger partial charge in [-0.3, -0.25) is 0 Å². The van der Waals surface area contributed by atoms with Crippen molar-refractivity contribution >= 4 is 17.5 Å². The molecule has 3 aliphatic rings. The summed E-state index contributed by atoms with van der Waals surface area (Å²) in [7, 11) is 0. The zero-order valence-corrected chi connectivity index (χ0v) is 17.3. The van der Waals surface area contributed by atoms with Gasteiger partial charge in [0.1, 0.15) is 5.75 Å². The molecule has 0 saturated carbocycles. The number of para-hydroxylation sites is 1. The van der Waals surface area contributed by atoms with Crippen molar-refractivity contribution in [2.75, 3.05) is 13.0 Å². The Morgan fingerprint density at radius 3 is 2.63 bits per heavy atom. The molecule has 150 valence electrons. The van der Waals surface area contributed by atoms with Crippen LogP contribution in [-0.2, 0) is 0 Å². The number of nitrogens with zero attached hydrogens (tertiary/aromatic N) is 2. The normalized spacial score (nSPS) is 21.0. The maximum Gasteiger partial charge on any atom is 0.231 e. The average molecular weight is 417 g/mol. The van der Waals surface area contributed by atoms with E-state index in [0.29, 0.717) is 0 Å². The van der Waals surface area contributed by atoms with Gasteiger partial charge in [0.05, 0.1) is 11.8 Å². The minimum absolute atomic E-state index is 0.139. The lowest BCUT2D eigenvalue weighted by molar-refractivity contribution is -0.0190. The standard InChI is InChI=1S/C24H20N2O3S/c1-30-17-9-6-15(7-10-17)24-26-20(18-4-2-3-5-21(18)29-24)13-19(25-26)16-8-11-22-23(12-16)28-14-27-22/h2-12,20,24H,13-14H2,1H3/t20-,24+/m0/s1. The molecule has 0 aliphatic carbocycles. The third-order valence-corrected chi connectivity index (χ3v) is 6.55. The Kier molecular flexibility index (Phi) is 4.13. The second-order valence-electron chi connectivity index (χ2n) is 7.50. The summed E-state index contributed by atoms with van der Waals surface area (Å²) in [5, 5.41) is 7.14. The highest BCUT2D eigenvalue weighted by Crippen LogP contribution is 2.48. The van der Waals surface area contributed by atoms with Crippen molar-refractivity contribution in [2.24, 2.45) is 5.10 Å². The van der Waals surface area contributed by atoms with Gasteiger partial charge in [0, 0.05) is 28.0 Å². The fraction of sp³-hybridized carbons (Fsp3) is 0.208. The first kappa shape index (κ1) is 17.7. The summed E-state index contributed by atoms with van der Waals surface area (Å²) in [4.78, 5) is 1.23. The van der Waals surface area contributed by atoms with Crippen molar-refractivity contribution in [2.45, 2.75) is 23.6 Å². The van der Waals surface area contributed by atoms with Crippen LogP contribution < -0.4 is 14.2 Å². The number of ether oxygens (including phenoxy) is 3. The largest absolute Gasteiger partial charge is 0.464 e. The van der Waals surface area contributed by atoms with Gasteiger partial charge in [-0.15, -0.1) is 11.8 Å². The van der Waals surface area contributed by atoms with Crippen LogP contribution in [-0.4, -0.2) is 23.8 Å². The number of hydrogen-bond acceptors (Lipinski definition) is 6. The van der Waals surface area contributed by atoms with Gasteiger partial charge in [0.25, 0.3) is 0 Å². The predicted octanol–water partition coefficient (Wildman–Crippen LogP) is 5.38. The Labute approximate surface area is 179 Å². The fourth-order valence-corrected chi connectivity index (χ4v) is 4.68. The number of hydrogen-bond donors (Lipinski definition) is 0. The maximum absolute atomic E-state index is 6.43. The molecule has 2 atom stereocenters. The van der Waals surface area contributed by atoms with E-state index in [1.807, 2.05) is 18.2 Å². The lowest BCUT2D eigenvalue weighted by Gasteiger charge is -2.38. The number of thioether (sulfide) groups is 1. The van der Waals surface area contributed by atoms with Crippen molar-refractivity contribution in [1.82, 2.24) is 5.01 Å². The minimum Gasteiger partial charge on any atom is -0.464 e. The van der Waals surface area contributed by atoms with Gasteiger partial charge in [-0.05, 0) is 42.7 Å². The number of rotatable bonds is 3. The van der Waals surface area contributed by atoms with Gasteiger partial charge < -0.3 is 14.2 Å². The summed E-state index contributed by atoms with van der Waals surface area (Å²) in [6, 6.07) is 23.0. The van der Waals surface area contributed by atoms with Gasteiger partial charge in [-0.25, -0.2) is 5.01 Å². The van der Waals surface area contributed by atoms with Crippen LogP contribution in [0.25, 0.3) is 0 Å². The van der Waals surface area contributed by atoms with Crippen molar-refractivity contribution in [1.29, 1.82) is 0 Å². The lowest BCUT2D eigenvalue weighted by Crippen LogP contribution is -2.33. The van der Waals surface area contributed by atoms with E-state index in [-0.39, 0.29) is 19.1 Å². The molecule has 0 aromatic heterocycles. The molecule has 5 nitrogen and oxygen atoms in total. The van der Waals surface area contributed by atoms with Crippen LogP contribution in [0.4, 0.5) is 0 Å². The second kappa shape index (κ2) is 6.99. The summed E-state index contributed by atoms with van der Waals surface area (Å²) in [5.41, 5.74) is 4.36. The van der Waals surface area contributed by atoms with E-state index >= 15 is 0 Å². The highest BCUT2D eigenvalue weighted by molar-refractivity contribution is 7.98. The molecule has 0 bridgehead atoms. The lowest BCUT2D eigenvalue weighted by atomic mass is 9.96. The molecule has 0 saturated heterocycles. The van der Waals surface area contributed by atoms with E-state index in [1.165, 1.54) is 10.5 Å². The second-order valence-corrected chi connectivity index (χ2v) is 8.38. The van der Waals surface area contributed by atoms with E-state index in [4.69, 9.17) is 19.3 Å². The molecular weight excluding hydrogens is 396 g/mol. The predicted molar refractivity (Wildman–Crippen MR) is 116 cm³/mol.